The van der Waals surface area contributed by atoms with Crippen molar-refractivity contribution in [3.05, 3.63) is 0 Å². The Labute approximate surface area is 105 Å². The van der Waals surface area contributed by atoms with Crippen molar-refractivity contribution in [2.45, 2.75) is 31.7 Å². The van der Waals surface area contributed by atoms with Crippen LogP contribution in [0.4, 0.5) is 0 Å². The van der Waals surface area contributed by atoms with Gasteiger partial charge in [-0.3, -0.25) is 0 Å². The van der Waals surface area contributed by atoms with E-state index >= 15 is 0 Å². The maximum absolute atomic E-state index is 11.8. The molecule has 1 aliphatic heterocycles. The van der Waals surface area contributed by atoms with Crippen LogP contribution >= 0.6 is 0 Å². The molecule has 0 aromatic heterocycles. The number of nitrogens with zero attached hydrogens (tertiary/aromatic N) is 1. The number of piperidine rings is 1. The van der Waals surface area contributed by atoms with Gasteiger partial charge < -0.3 is 10.2 Å². The quantitative estimate of drug-likeness (QED) is 0.635. The Balaban J connectivity index is 2.27. The van der Waals surface area contributed by atoms with Crippen LogP contribution in [0, 0.1) is 0 Å². The molecule has 1 rings (SSSR count). The van der Waals surface area contributed by atoms with E-state index in [2.05, 4.69) is 14.9 Å². The predicted octanol–water partition coefficient (Wildman–Crippen LogP) is -0.000400. The smallest absolute Gasteiger partial charge is 0.211 e. The maximum atomic E-state index is 11.8. The van der Waals surface area contributed by atoms with Gasteiger partial charge in [0.1, 0.15) is 0 Å². The lowest BCUT2D eigenvalue weighted by molar-refractivity contribution is 0.242. The lowest BCUT2D eigenvalue weighted by Crippen LogP contribution is -2.46. The van der Waals surface area contributed by atoms with Crippen molar-refractivity contribution < 1.29 is 8.42 Å². The zero-order chi connectivity index (χ0) is 12.7. The second-order valence-corrected chi connectivity index (χ2v) is 6.72. The molecule has 6 heteroatoms. The minimum absolute atomic E-state index is 0.100. The molecule has 0 saturated carbocycles. The molecule has 5 nitrogen and oxygen atoms in total. The fourth-order valence-electron chi connectivity index (χ4n) is 2.17. The molecular formula is C11H25N3O2S. The van der Waals surface area contributed by atoms with Gasteiger partial charge in [0.25, 0.3) is 0 Å². The Morgan fingerprint density at radius 2 is 2.12 bits per heavy atom. The van der Waals surface area contributed by atoms with Crippen LogP contribution in [0.2, 0.25) is 0 Å². The van der Waals surface area contributed by atoms with E-state index < -0.39 is 10.0 Å². The van der Waals surface area contributed by atoms with Crippen molar-refractivity contribution in [3.63, 3.8) is 0 Å². The van der Waals surface area contributed by atoms with Gasteiger partial charge in [0.2, 0.25) is 10.0 Å². The molecule has 1 saturated heterocycles. The predicted molar refractivity (Wildman–Crippen MR) is 70.6 cm³/mol. The summed E-state index contributed by atoms with van der Waals surface area (Å²) < 4.78 is 26.4. The summed E-state index contributed by atoms with van der Waals surface area (Å²) in [6.07, 6.45) is 3.66. The first kappa shape index (κ1) is 14.9. The van der Waals surface area contributed by atoms with Gasteiger partial charge in [0.05, 0.1) is 5.75 Å². The monoisotopic (exact) mass is 263 g/mol. The summed E-state index contributed by atoms with van der Waals surface area (Å²) in [7, 11) is 0.825. The van der Waals surface area contributed by atoms with Crippen molar-refractivity contribution in [2.75, 3.05) is 39.5 Å². The SMILES string of the molecule is CNCCCCS(=O)(=O)NC1CCCN(C)C1. The van der Waals surface area contributed by atoms with Gasteiger partial charge in [-0.1, -0.05) is 0 Å². The van der Waals surface area contributed by atoms with Gasteiger partial charge in [0.15, 0.2) is 0 Å². The maximum Gasteiger partial charge on any atom is 0.211 e. The van der Waals surface area contributed by atoms with E-state index in [1.807, 2.05) is 14.1 Å². The highest BCUT2D eigenvalue weighted by molar-refractivity contribution is 7.89. The summed E-state index contributed by atoms with van der Waals surface area (Å²) in [5, 5.41) is 3.02. The molecule has 1 unspecified atom stereocenters. The first-order valence-electron chi connectivity index (χ1n) is 6.36. The van der Waals surface area contributed by atoms with E-state index in [-0.39, 0.29) is 11.8 Å². The Bertz CT molecular complexity index is 306. The number of nitrogens with one attached hydrogen (secondary N) is 2. The van der Waals surface area contributed by atoms with E-state index in [1.54, 1.807) is 0 Å². The number of hydrogen-bond donors (Lipinski definition) is 2. The summed E-state index contributed by atoms with van der Waals surface area (Å²) in [4.78, 5) is 2.18. The Morgan fingerprint density at radius 1 is 1.35 bits per heavy atom. The Hall–Kier alpha value is -0.170. The first-order chi connectivity index (χ1) is 8.03. The van der Waals surface area contributed by atoms with Crippen LogP contribution in [0.15, 0.2) is 0 Å². The normalized spacial score (nSPS) is 22.8. The van der Waals surface area contributed by atoms with Gasteiger partial charge in [0, 0.05) is 12.6 Å². The topological polar surface area (TPSA) is 61.4 Å². The number of likely N-dealkylation sites (tertiary alicyclic amines) is 1. The van der Waals surface area contributed by atoms with E-state index in [9.17, 15) is 8.42 Å². The van der Waals surface area contributed by atoms with Crippen molar-refractivity contribution in [1.82, 2.24) is 14.9 Å². The zero-order valence-corrected chi connectivity index (χ0v) is 11.7. The van der Waals surface area contributed by atoms with E-state index in [0.717, 1.165) is 45.3 Å². The molecule has 102 valence electrons. The first-order valence-corrected chi connectivity index (χ1v) is 8.02. The molecule has 0 aromatic rings. The number of sulfonamides is 1. The average Bonchev–Trinajstić information content (AvgIpc) is 2.24. The lowest BCUT2D eigenvalue weighted by atomic mass is 10.1. The van der Waals surface area contributed by atoms with Crippen LogP contribution in [-0.2, 0) is 10.0 Å². The van der Waals surface area contributed by atoms with Crippen molar-refractivity contribution in [1.29, 1.82) is 0 Å². The molecule has 0 aliphatic carbocycles. The molecule has 1 fully saturated rings. The average molecular weight is 263 g/mol. The summed E-state index contributed by atoms with van der Waals surface area (Å²) in [6.45, 7) is 2.78. The molecule has 1 aliphatic rings. The van der Waals surface area contributed by atoms with Crippen LogP contribution in [0.5, 0.6) is 0 Å². The van der Waals surface area contributed by atoms with Crippen molar-refractivity contribution >= 4 is 10.0 Å². The highest BCUT2D eigenvalue weighted by atomic mass is 32.2. The number of rotatable bonds is 7. The van der Waals surface area contributed by atoms with Crippen LogP contribution in [0.3, 0.4) is 0 Å². The summed E-state index contributed by atoms with van der Waals surface area (Å²) in [5.74, 6) is 0.245. The second-order valence-electron chi connectivity index (χ2n) is 4.85. The van der Waals surface area contributed by atoms with Gasteiger partial charge in [-0.2, -0.15) is 0 Å². The molecule has 0 radical (unpaired) electrons. The molecule has 0 spiro atoms. The molecular weight excluding hydrogens is 238 g/mol. The van der Waals surface area contributed by atoms with Crippen molar-refractivity contribution in [2.24, 2.45) is 0 Å². The fraction of sp³-hybridized carbons (Fsp3) is 1.00. The molecule has 0 bridgehead atoms. The summed E-state index contributed by atoms with van der Waals surface area (Å²) in [5.41, 5.74) is 0. The Kier molecular flexibility index (Phi) is 6.40. The molecule has 1 atom stereocenters. The third-order valence-electron chi connectivity index (χ3n) is 3.06. The third-order valence-corrected chi connectivity index (χ3v) is 4.58. The number of unbranched alkanes of at least 4 members (excludes halogenated alkanes) is 1. The number of likely N-dealkylation sites (N-methyl/N-ethyl adjacent to an activating group) is 1. The largest absolute Gasteiger partial charge is 0.320 e. The standard InChI is InChI=1S/C11H25N3O2S/c1-12-7-3-4-9-17(15,16)13-11-6-5-8-14(2)10-11/h11-13H,3-10H2,1-2H3. The summed E-state index contributed by atoms with van der Waals surface area (Å²) in [6, 6.07) is 0.100. The minimum atomic E-state index is -3.09. The molecule has 2 N–H and O–H groups in total. The second kappa shape index (κ2) is 7.31. The summed E-state index contributed by atoms with van der Waals surface area (Å²) >= 11 is 0. The zero-order valence-electron chi connectivity index (χ0n) is 10.9. The van der Waals surface area contributed by atoms with Gasteiger partial charge in [-0.25, -0.2) is 13.1 Å². The molecule has 0 aromatic carbocycles. The third kappa shape index (κ3) is 6.35. The van der Waals surface area contributed by atoms with Crippen LogP contribution in [0.25, 0.3) is 0 Å². The van der Waals surface area contributed by atoms with E-state index in [1.165, 1.54) is 0 Å². The fourth-order valence-corrected chi connectivity index (χ4v) is 3.57. The van der Waals surface area contributed by atoms with Crippen LogP contribution in [-0.4, -0.2) is 58.8 Å². The van der Waals surface area contributed by atoms with Crippen LogP contribution < -0.4 is 10.0 Å². The van der Waals surface area contributed by atoms with E-state index in [0.29, 0.717) is 0 Å². The van der Waals surface area contributed by atoms with E-state index in [4.69, 9.17) is 0 Å². The van der Waals surface area contributed by atoms with Crippen LogP contribution in [0.1, 0.15) is 25.7 Å². The van der Waals surface area contributed by atoms with Gasteiger partial charge in [-0.05, 0) is 52.9 Å². The Morgan fingerprint density at radius 3 is 2.76 bits per heavy atom. The van der Waals surface area contributed by atoms with Gasteiger partial charge in [-0.15, -0.1) is 0 Å². The number of hydrogen-bond acceptors (Lipinski definition) is 4. The highest BCUT2D eigenvalue weighted by Gasteiger charge is 2.21. The molecule has 1 heterocycles. The minimum Gasteiger partial charge on any atom is -0.320 e. The molecule has 17 heavy (non-hydrogen) atoms. The lowest BCUT2D eigenvalue weighted by Gasteiger charge is -2.29. The van der Waals surface area contributed by atoms with Crippen molar-refractivity contribution in [3.8, 4) is 0 Å². The van der Waals surface area contributed by atoms with Gasteiger partial charge >= 0.3 is 0 Å². The highest BCUT2D eigenvalue weighted by Crippen LogP contribution is 2.09. The molecule has 0 amide bonds.